The van der Waals surface area contributed by atoms with Crippen molar-refractivity contribution >= 4 is 11.6 Å². The lowest BCUT2D eigenvalue weighted by atomic mass is 9.83. The van der Waals surface area contributed by atoms with Gasteiger partial charge in [-0.05, 0) is 50.2 Å². The fraction of sp³-hybridized carbons (Fsp3) is 0.600. The van der Waals surface area contributed by atoms with Crippen molar-refractivity contribution < 1.29 is 0 Å². The molecule has 2 fully saturated rings. The van der Waals surface area contributed by atoms with E-state index in [9.17, 15) is 0 Å². The van der Waals surface area contributed by atoms with Crippen LogP contribution in [0.1, 0.15) is 55.0 Å². The number of nitrogens with zero attached hydrogens (tertiary/aromatic N) is 5. The molecule has 0 bridgehead atoms. The smallest absolute Gasteiger partial charge is 0.151 e. The predicted octanol–water partition coefficient (Wildman–Crippen LogP) is 2.96. The van der Waals surface area contributed by atoms with Gasteiger partial charge in [0.05, 0.1) is 5.69 Å². The Kier molecular flexibility index (Phi) is 4.19. The number of aryl methyl sites for hydroxylation is 2. The van der Waals surface area contributed by atoms with Gasteiger partial charge in [0.2, 0.25) is 0 Å². The molecule has 0 spiro atoms. The number of hydrogen-bond donors (Lipinski definition) is 1. The van der Waals surface area contributed by atoms with Gasteiger partial charge in [0.15, 0.2) is 5.82 Å². The van der Waals surface area contributed by atoms with E-state index in [-0.39, 0.29) is 0 Å². The number of fused-ring (bicyclic) bond motifs is 1. The largest absolute Gasteiger partial charge is 0.370 e. The Morgan fingerprint density at radius 1 is 1.00 bits per heavy atom. The van der Waals surface area contributed by atoms with Gasteiger partial charge in [-0.1, -0.05) is 6.42 Å². The molecule has 0 aromatic carbocycles. The summed E-state index contributed by atoms with van der Waals surface area (Å²) in [5, 5.41) is 12.4. The molecule has 6 heteroatoms. The lowest BCUT2D eigenvalue weighted by Gasteiger charge is -2.40. The van der Waals surface area contributed by atoms with Crippen LogP contribution in [-0.2, 0) is 12.8 Å². The van der Waals surface area contributed by atoms with E-state index in [4.69, 9.17) is 0 Å². The molecule has 26 heavy (non-hydrogen) atoms. The molecule has 136 valence electrons. The second-order valence-electron chi connectivity index (χ2n) is 7.99. The third-order valence-electron chi connectivity index (χ3n) is 6.12. The molecule has 0 atom stereocenters. The summed E-state index contributed by atoms with van der Waals surface area (Å²) < 4.78 is 0. The molecule has 1 N–H and O–H groups in total. The van der Waals surface area contributed by atoms with Gasteiger partial charge in [-0.3, -0.25) is 0 Å². The molecule has 1 saturated heterocycles. The minimum Gasteiger partial charge on any atom is -0.370 e. The maximum atomic E-state index is 4.46. The summed E-state index contributed by atoms with van der Waals surface area (Å²) in [6.45, 7) is 3.04. The van der Waals surface area contributed by atoms with E-state index in [2.05, 4.69) is 42.5 Å². The van der Waals surface area contributed by atoms with Gasteiger partial charge < -0.3 is 10.2 Å². The van der Waals surface area contributed by atoms with Crippen molar-refractivity contribution in [2.45, 2.75) is 50.9 Å². The Morgan fingerprint density at radius 2 is 1.88 bits per heavy atom. The Labute approximate surface area is 154 Å². The molecule has 6 nitrogen and oxygen atoms in total. The molecule has 5 rings (SSSR count). The lowest BCUT2D eigenvalue weighted by molar-refractivity contribution is 0.410. The molecule has 0 unspecified atom stereocenters. The van der Waals surface area contributed by atoms with Crippen molar-refractivity contribution in [3.05, 3.63) is 35.4 Å². The van der Waals surface area contributed by atoms with Gasteiger partial charge in [0, 0.05) is 43.2 Å². The first-order valence-electron chi connectivity index (χ1n) is 10.0. The average molecular weight is 350 g/mol. The normalized spacial score (nSPS) is 20.2. The quantitative estimate of drug-likeness (QED) is 0.894. The van der Waals surface area contributed by atoms with Crippen LogP contribution in [0.5, 0.6) is 0 Å². The number of rotatable bonds is 5. The second kappa shape index (κ2) is 6.82. The number of aromatic nitrogens is 4. The molecular weight excluding hydrogens is 324 g/mol. The molecule has 0 amide bonds. The van der Waals surface area contributed by atoms with Crippen molar-refractivity contribution in [2.75, 3.05) is 29.9 Å². The van der Waals surface area contributed by atoms with Crippen molar-refractivity contribution in [3.8, 4) is 0 Å². The van der Waals surface area contributed by atoms with Crippen molar-refractivity contribution in [1.29, 1.82) is 0 Å². The van der Waals surface area contributed by atoms with E-state index in [1.54, 1.807) is 6.33 Å². The first-order chi connectivity index (χ1) is 12.8. The Hall–Kier alpha value is -2.24. The molecule has 3 aliphatic rings. The number of anilines is 2. The van der Waals surface area contributed by atoms with E-state index >= 15 is 0 Å². The van der Waals surface area contributed by atoms with Crippen LogP contribution in [-0.4, -0.2) is 39.8 Å². The van der Waals surface area contributed by atoms with Crippen LogP contribution in [0.4, 0.5) is 11.6 Å². The van der Waals surface area contributed by atoms with Crippen molar-refractivity contribution in [1.82, 2.24) is 20.2 Å². The molecule has 2 aliphatic carbocycles. The van der Waals surface area contributed by atoms with Crippen LogP contribution in [0.25, 0.3) is 0 Å². The van der Waals surface area contributed by atoms with Crippen LogP contribution in [0, 0.1) is 5.92 Å². The van der Waals surface area contributed by atoms with E-state index in [1.165, 1.54) is 49.1 Å². The summed E-state index contributed by atoms with van der Waals surface area (Å²) >= 11 is 0. The van der Waals surface area contributed by atoms with Crippen molar-refractivity contribution in [3.63, 3.8) is 0 Å². The van der Waals surface area contributed by atoms with Crippen LogP contribution in [0.3, 0.4) is 0 Å². The summed E-state index contributed by atoms with van der Waals surface area (Å²) in [6.07, 6.45) is 10.4. The minimum atomic E-state index is 0.634. The van der Waals surface area contributed by atoms with E-state index in [1.807, 2.05) is 0 Å². The summed E-state index contributed by atoms with van der Waals surface area (Å²) in [5.41, 5.74) is 3.82. The highest BCUT2D eigenvalue weighted by molar-refractivity contribution is 5.45. The second-order valence-corrected chi connectivity index (χ2v) is 7.99. The highest BCUT2D eigenvalue weighted by Gasteiger charge is 2.29. The van der Waals surface area contributed by atoms with Crippen molar-refractivity contribution in [2.24, 2.45) is 5.92 Å². The predicted molar refractivity (Wildman–Crippen MR) is 101 cm³/mol. The molecular formula is C20H26N6. The summed E-state index contributed by atoms with van der Waals surface area (Å²) in [6, 6.07) is 4.40. The summed E-state index contributed by atoms with van der Waals surface area (Å²) in [5.74, 6) is 3.31. The first-order valence-corrected chi connectivity index (χ1v) is 10.0. The zero-order chi connectivity index (χ0) is 17.3. The fourth-order valence-electron chi connectivity index (χ4n) is 4.16. The standard InChI is InChI=1S/C20H26N6/c1-2-7-17-16(4-1)8-20(25-24-17)26-11-14(12-26)10-21-19-9-18(22-13-23-19)15-5-3-6-15/h8-9,13-15H,1-7,10-12H2,(H,21,22,23). The minimum absolute atomic E-state index is 0.634. The number of hydrogen-bond acceptors (Lipinski definition) is 6. The fourth-order valence-corrected chi connectivity index (χ4v) is 4.16. The third kappa shape index (κ3) is 3.13. The van der Waals surface area contributed by atoms with Crippen LogP contribution in [0.15, 0.2) is 18.5 Å². The molecule has 3 heterocycles. The highest BCUT2D eigenvalue weighted by Crippen LogP contribution is 2.35. The monoisotopic (exact) mass is 350 g/mol. The zero-order valence-electron chi connectivity index (χ0n) is 15.2. The summed E-state index contributed by atoms with van der Waals surface area (Å²) in [7, 11) is 0. The summed E-state index contributed by atoms with van der Waals surface area (Å²) in [4.78, 5) is 11.2. The Morgan fingerprint density at radius 3 is 2.73 bits per heavy atom. The van der Waals surface area contributed by atoms with Gasteiger partial charge in [0.25, 0.3) is 0 Å². The molecule has 2 aromatic rings. The SMILES string of the molecule is c1nc(NCC2CN(c3cc4c(nn3)CCCC4)C2)cc(C2CCC2)n1. The van der Waals surface area contributed by atoms with E-state index in [0.717, 1.165) is 44.1 Å². The van der Waals surface area contributed by atoms with E-state index < -0.39 is 0 Å². The van der Waals surface area contributed by atoms with Gasteiger partial charge >= 0.3 is 0 Å². The Balaban J connectivity index is 1.14. The van der Waals surface area contributed by atoms with Gasteiger partial charge in [-0.15, -0.1) is 5.10 Å². The Bertz CT molecular complexity index is 782. The van der Waals surface area contributed by atoms with E-state index in [0.29, 0.717) is 11.8 Å². The van der Waals surface area contributed by atoms with Crippen LogP contribution in [0.2, 0.25) is 0 Å². The number of nitrogens with one attached hydrogen (secondary N) is 1. The third-order valence-corrected chi connectivity index (χ3v) is 6.12. The van der Waals surface area contributed by atoms with Gasteiger partial charge in [0.1, 0.15) is 12.1 Å². The highest BCUT2D eigenvalue weighted by atomic mass is 15.3. The molecule has 1 aliphatic heterocycles. The van der Waals surface area contributed by atoms with Gasteiger partial charge in [-0.25, -0.2) is 9.97 Å². The van der Waals surface area contributed by atoms with Crippen LogP contribution >= 0.6 is 0 Å². The average Bonchev–Trinajstić information content (AvgIpc) is 2.59. The van der Waals surface area contributed by atoms with Crippen LogP contribution < -0.4 is 10.2 Å². The topological polar surface area (TPSA) is 66.8 Å². The molecule has 2 aromatic heterocycles. The molecule has 0 radical (unpaired) electrons. The van der Waals surface area contributed by atoms with Gasteiger partial charge in [-0.2, -0.15) is 5.10 Å². The lowest BCUT2D eigenvalue weighted by Crippen LogP contribution is -2.50. The maximum Gasteiger partial charge on any atom is 0.151 e. The maximum absolute atomic E-state index is 4.46. The molecule has 1 saturated carbocycles. The zero-order valence-corrected chi connectivity index (χ0v) is 15.2. The first kappa shape index (κ1) is 16.0.